The summed E-state index contributed by atoms with van der Waals surface area (Å²) in [7, 11) is 0. The Labute approximate surface area is 139 Å². The van der Waals surface area contributed by atoms with Crippen LogP contribution in [0.15, 0.2) is 40.9 Å². The molecule has 0 aromatic heterocycles. The number of alkyl halides is 1. The summed E-state index contributed by atoms with van der Waals surface area (Å²) in [5, 5.41) is 0. The molecule has 5 heteroatoms. The van der Waals surface area contributed by atoms with Crippen molar-refractivity contribution in [3.8, 4) is 11.5 Å². The molecule has 21 heavy (non-hydrogen) atoms. The average Bonchev–Trinajstić information content (AvgIpc) is 2.71. The summed E-state index contributed by atoms with van der Waals surface area (Å²) in [6.45, 7) is 1.29. The number of ether oxygens (including phenoxy) is 2. The first-order valence-corrected chi connectivity index (χ1v) is 8.34. The minimum absolute atomic E-state index is 0.234. The van der Waals surface area contributed by atoms with E-state index in [9.17, 15) is 4.39 Å². The van der Waals surface area contributed by atoms with Crippen molar-refractivity contribution < 1.29 is 13.9 Å². The molecule has 110 valence electrons. The van der Waals surface area contributed by atoms with Gasteiger partial charge in [0.1, 0.15) is 5.82 Å². The average molecular weight is 416 g/mol. The Bertz CT molecular complexity index is 661. The van der Waals surface area contributed by atoms with Crippen LogP contribution in [-0.2, 0) is 0 Å². The third kappa shape index (κ3) is 3.24. The fourth-order valence-electron chi connectivity index (χ4n) is 2.22. The maximum Gasteiger partial charge on any atom is 0.161 e. The number of hydrogen-bond donors (Lipinski definition) is 0. The number of halogens is 3. The molecule has 1 heterocycles. The lowest BCUT2D eigenvalue weighted by atomic mass is 10.0. The van der Waals surface area contributed by atoms with E-state index in [0.717, 1.165) is 22.2 Å². The fourth-order valence-corrected chi connectivity index (χ4v) is 3.21. The number of fused-ring (bicyclic) bond motifs is 1. The van der Waals surface area contributed by atoms with Gasteiger partial charge in [-0.1, -0.05) is 44.0 Å². The number of benzene rings is 2. The van der Waals surface area contributed by atoms with E-state index in [2.05, 4.69) is 31.9 Å². The molecule has 2 aromatic carbocycles. The number of rotatable bonds is 2. The van der Waals surface area contributed by atoms with Crippen LogP contribution in [0.1, 0.15) is 22.4 Å². The van der Waals surface area contributed by atoms with Gasteiger partial charge in [-0.3, -0.25) is 0 Å². The zero-order chi connectivity index (χ0) is 14.8. The molecule has 0 amide bonds. The molecule has 1 aliphatic heterocycles. The second-order valence-corrected chi connectivity index (χ2v) is 6.62. The SMILES string of the molecule is Fc1cc(Br)ccc1C(Br)c1ccc2c(c1)OCCCO2. The van der Waals surface area contributed by atoms with E-state index in [0.29, 0.717) is 24.5 Å². The van der Waals surface area contributed by atoms with Crippen LogP contribution < -0.4 is 9.47 Å². The molecule has 0 fully saturated rings. The van der Waals surface area contributed by atoms with Crippen LogP contribution in [0, 0.1) is 5.82 Å². The summed E-state index contributed by atoms with van der Waals surface area (Å²) in [6.07, 6.45) is 0.864. The van der Waals surface area contributed by atoms with Gasteiger partial charge in [0.15, 0.2) is 11.5 Å². The third-order valence-corrected chi connectivity index (χ3v) is 4.81. The monoisotopic (exact) mass is 414 g/mol. The van der Waals surface area contributed by atoms with E-state index < -0.39 is 0 Å². The fraction of sp³-hybridized carbons (Fsp3) is 0.250. The lowest BCUT2D eigenvalue weighted by Gasteiger charge is -2.15. The molecule has 1 aliphatic rings. The van der Waals surface area contributed by atoms with Gasteiger partial charge >= 0.3 is 0 Å². The van der Waals surface area contributed by atoms with Crippen molar-refractivity contribution >= 4 is 31.9 Å². The molecule has 2 aromatic rings. The van der Waals surface area contributed by atoms with Gasteiger partial charge in [-0.25, -0.2) is 4.39 Å². The van der Waals surface area contributed by atoms with Crippen LogP contribution in [0.2, 0.25) is 0 Å². The van der Waals surface area contributed by atoms with Crippen LogP contribution in [0.5, 0.6) is 11.5 Å². The lowest BCUT2D eigenvalue weighted by Crippen LogP contribution is -1.99. The molecular weight excluding hydrogens is 403 g/mol. The Morgan fingerprint density at radius 3 is 2.52 bits per heavy atom. The summed E-state index contributed by atoms with van der Waals surface area (Å²) in [4.78, 5) is -0.234. The van der Waals surface area contributed by atoms with E-state index in [1.54, 1.807) is 6.07 Å². The highest BCUT2D eigenvalue weighted by Crippen LogP contribution is 2.38. The van der Waals surface area contributed by atoms with Crippen LogP contribution in [0.4, 0.5) is 4.39 Å². The molecule has 0 bridgehead atoms. The molecule has 2 nitrogen and oxygen atoms in total. The third-order valence-electron chi connectivity index (χ3n) is 3.30. The van der Waals surface area contributed by atoms with Gasteiger partial charge in [0, 0.05) is 16.5 Å². The van der Waals surface area contributed by atoms with Crippen LogP contribution in [-0.4, -0.2) is 13.2 Å². The normalized spacial score (nSPS) is 15.4. The summed E-state index contributed by atoms with van der Waals surface area (Å²) < 4.78 is 26.1. The minimum Gasteiger partial charge on any atom is -0.490 e. The maximum absolute atomic E-state index is 14.1. The Kier molecular flexibility index (Phi) is 4.50. The summed E-state index contributed by atoms with van der Waals surface area (Å²) in [5.41, 5.74) is 1.52. The minimum atomic E-state index is -0.252. The molecule has 0 saturated carbocycles. The van der Waals surface area contributed by atoms with Crippen molar-refractivity contribution in [2.24, 2.45) is 0 Å². The molecule has 3 rings (SSSR count). The molecule has 0 saturated heterocycles. The van der Waals surface area contributed by atoms with Crippen molar-refractivity contribution in [1.82, 2.24) is 0 Å². The topological polar surface area (TPSA) is 18.5 Å². The predicted octanol–water partition coefficient (Wildman–Crippen LogP) is 5.23. The van der Waals surface area contributed by atoms with Gasteiger partial charge in [-0.15, -0.1) is 0 Å². The standard InChI is InChI=1S/C16H13Br2FO2/c17-11-3-4-12(13(19)9-11)16(18)10-2-5-14-15(8-10)21-7-1-6-20-14/h2-5,8-9,16H,1,6-7H2. The Morgan fingerprint density at radius 1 is 1.00 bits per heavy atom. The Balaban J connectivity index is 1.94. The van der Waals surface area contributed by atoms with Crippen molar-refractivity contribution in [1.29, 1.82) is 0 Å². The number of hydrogen-bond acceptors (Lipinski definition) is 2. The van der Waals surface area contributed by atoms with Crippen molar-refractivity contribution in [2.45, 2.75) is 11.2 Å². The van der Waals surface area contributed by atoms with E-state index in [4.69, 9.17) is 9.47 Å². The summed E-state index contributed by atoms with van der Waals surface area (Å²) in [5.74, 6) is 1.21. The zero-order valence-corrected chi connectivity index (χ0v) is 14.3. The lowest BCUT2D eigenvalue weighted by molar-refractivity contribution is 0.297. The van der Waals surface area contributed by atoms with E-state index >= 15 is 0 Å². The highest BCUT2D eigenvalue weighted by atomic mass is 79.9. The molecular formula is C16H13Br2FO2. The Hall–Kier alpha value is -1.07. The Morgan fingerprint density at radius 2 is 1.76 bits per heavy atom. The van der Waals surface area contributed by atoms with E-state index in [-0.39, 0.29) is 10.6 Å². The summed E-state index contributed by atoms with van der Waals surface area (Å²) >= 11 is 6.83. The first-order valence-electron chi connectivity index (χ1n) is 6.64. The largest absolute Gasteiger partial charge is 0.490 e. The molecule has 0 aliphatic carbocycles. The van der Waals surface area contributed by atoms with Crippen molar-refractivity contribution in [2.75, 3.05) is 13.2 Å². The first-order chi connectivity index (χ1) is 10.1. The molecule has 0 radical (unpaired) electrons. The van der Waals surface area contributed by atoms with Gasteiger partial charge in [-0.2, -0.15) is 0 Å². The highest BCUT2D eigenvalue weighted by Gasteiger charge is 2.18. The second kappa shape index (κ2) is 6.36. The van der Waals surface area contributed by atoms with Crippen LogP contribution >= 0.6 is 31.9 Å². The smallest absolute Gasteiger partial charge is 0.161 e. The van der Waals surface area contributed by atoms with E-state index in [1.807, 2.05) is 24.3 Å². The highest BCUT2D eigenvalue weighted by molar-refractivity contribution is 9.10. The molecule has 0 N–H and O–H groups in total. The molecule has 0 spiro atoms. The van der Waals surface area contributed by atoms with E-state index in [1.165, 1.54) is 6.07 Å². The van der Waals surface area contributed by atoms with Crippen LogP contribution in [0.25, 0.3) is 0 Å². The van der Waals surface area contributed by atoms with Gasteiger partial charge < -0.3 is 9.47 Å². The first kappa shape index (κ1) is 14.9. The van der Waals surface area contributed by atoms with Crippen molar-refractivity contribution in [3.63, 3.8) is 0 Å². The summed E-state index contributed by atoms with van der Waals surface area (Å²) in [6, 6.07) is 10.8. The quantitative estimate of drug-likeness (QED) is 0.625. The zero-order valence-electron chi connectivity index (χ0n) is 11.1. The van der Waals surface area contributed by atoms with Crippen molar-refractivity contribution in [3.05, 3.63) is 57.8 Å². The van der Waals surface area contributed by atoms with Gasteiger partial charge in [0.25, 0.3) is 0 Å². The van der Waals surface area contributed by atoms with Gasteiger partial charge in [-0.05, 0) is 29.8 Å². The van der Waals surface area contributed by atoms with Crippen LogP contribution in [0.3, 0.4) is 0 Å². The van der Waals surface area contributed by atoms with Gasteiger partial charge in [0.05, 0.1) is 18.0 Å². The molecule has 1 atom stereocenters. The second-order valence-electron chi connectivity index (χ2n) is 4.79. The predicted molar refractivity (Wildman–Crippen MR) is 86.9 cm³/mol. The maximum atomic E-state index is 14.1. The molecule has 1 unspecified atom stereocenters. The van der Waals surface area contributed by atoms with Gasteiger partial charge in [0.2, 0.25) is 0 Å².